The molecular formula is C28H31N5O3. The Labute approximate surface area is 211 Å². The molecule has 0 amide bonds. The second kappa shape index (κ2) is 9.32. The number of nitriles is 1. The molecule has 186 valence electrons. The zero-order valence-corrected chi connectivity index (χ0v) is 20.7. The number of fused-ring (bicyclic) bond motifs is 3. The van der Waals surface area contributed by atoms with Crippen LogP contribution in [0.3, 0.4) is 0 Å². The zero-order chi connectivity index (χ0) is 24.8. The van der Waals surface area contributed by atoms with E-state index < -0.39 is 0 Å². The molecule has 1 N–H and O–H groups in total. The molecule has 0 spiro atoms. The average Bonchev–Trinajstić information content (AvgIpc) is 3.36. The molecule has 8 nitrogen and oxygen atoms in total. The number of aromatic nitrogens is 2. The van der Waals surface area contributed by atoms with E-state index in [0.29, 0.717) is 46.5 Å². The fourth-order valence-corrected chi connectivity index (χ4v) is 6.01. The molecule has 0 bridgehead atoms. The summed E-state index contributed by atoms with van der Waals surface area (Å²) in [4.78, 5) is 9.71. The highest BCUT2D eigenvalue weighted by Gasteiger charge is 2.55. The Kier molecular flexibility index (Phi) is 6.00. The SMILES string of the molecule is CC(C)Oc1ccc(-c2nc(-c3cccc4c3C3CC3C4N3CCN(CCO)CC3)no2)cc1C#N. The summed E-state index contributed by atoms with van der Waals surface area (Å²) < 4.78 is 11.4. The van der Waals surface area contributed by atoms with Gasteiger partial charge in [-0.25, -0.2) is 0 Å². The first-order chi connectivity index (χ1) is 17.6. The molecule has 3 aliphatic rings. The van der Waals surface area contributed by atoms with E-state index in [4.69, 9.17) is 14.2 Å². The van der Waals surface area contributed by atoms with Crippen LogP contribution in [0.5, 0.6) is 5.75 Å². The second-order valence-corrected chi connectivity index (χ2v) is 10.3. The van der Waals surface area contributed by atoms with Crippen molar-refractivity contribution in [3.05, 3.63) is 53.1 Å². The van der Waals surface area contributed by atoms with Gasteiger partial charge in [0.2, 0.25) is 5.82 Å². The van der Waals surface area contributed by atoms with Crippen LogP contribution in [-0.2, 0) is 0 Å². The number of nitrogens with zero attached hydrogens (tertiary/aromatic N) is 5. The Morgan fingerprint density at radius 3 is 2.78 bits per heavy atom. The van der Waals surface area contributed by atoms with Crippen LogP contribution in [0.15, 0.2) is 40.9 Å². The van der Waals surface area contributed by atoms with Gasteiger partial charge in [0.1, 0.15) is 11.8 Å². The predicted molar refractivity (Wildman–Crippen MR) is 134 cm³/mol. The van der Waals surface area contributed by atoms with Gasteiger partial charge in [-0.05, 0) is 61.4 Å². The van der Waals surface area contributed by atoms with Gasteiger partial charge in [-0.15, -0.1) is 0 Å². The maximum atomic E-state index is 9.58. The molecule has 2 aliphatic carbocycles. The number of rotatable bonds is 7. The largest absolute Gasteiger partial charge is 0.490 e. The highest BCUT2D eigenvalue weighted by atomic mass is 16.5. The summed E-state index contributed by atoms with van der Waals surface area (Å²) >= 11 is 0. The maximum absolute atomic E-state index is 9.58. The van der Waals surface area contributed by atoms with Crippen molar-refractivity contribution in [2.75, 3.05) is 39.3 Å². The minimum absolute atomic E-state index is 0.0161. The molecule has 2 heterocycles. The fraction of sp³-hybridized carbons (Fsp3) is 0.464. The molecule has 1 saturated carbocycles. The van der Waals surface area contributed by atoms with Crippen molar-refractivity contribution in [1.29, 1.82) is 5.26 Å². The van der Waals surface area contributed by atoms with Crippen molar-refractivity contribution >= 4 is 0 Å². The summed E-state index contributed by atoms with van der Waals surface area (Å²) in [5.41, 5.74) is 4.98. The van der Waals surface area contributed by atoms with E-state index in [1.165, 1.54) is 17.5 Å². The molecule has 1 saturated heterocycles. The Hall–Kier alpha value is -3.25. The van der Waals surface area contributed by atoms with Crippen LogP contribution in [-0.4, -0.2) is 70.5 Å². The lowest BCUT2D eigenvalue weighted by atomic mass is 9.96. The van der Waals surface area contributed by atoms with E-state index in [1.807, 2.05) is 19.9 Å². The predicted octanol–water partition coefficient (Wildman–Crippen LogP) is 3.83. The summed E-state index contributed by atoms with van der Waals surface area (Å²) in [6.45, 7) is 8.92. The third-order valence-electron chi connectivity index (χ3n) is 7.67. The lowest BCUT2D eigenvalue weighted by molar-refractivity contribution is 0.0776. The van der Waals surface area contributed by atoms with Gasteiger partial charge in [-0.1, -0.05) is 23.4 Å². The zero-order valence-electron chi connectivity index (χ0n) is 20.7. The van der Waals surface area contributed by atoms with Crippen molar-refractivity contribution in [1.82, 2.24) is 19.9 Å². The minimum Gasteiger partial charge on any atom is -0.490 e. The number of ether oxygens (including phenoxy) is 1. The summed E-state index contributed by atoms with van der Waals surface area (Å²) in [6, 6.07) is 14.5. The summed E-state index contributed by atoms with van der Waals surface area (Å²) in [7, 11) is 0. The van der Waals surface area contributed by atoms with Crippen LogP contribution in [0.1, 0.15) is 48.9 Å². The van der Waals surface area contributed by atoms with Crippen LogP contribution >= 0.6 is 0 Å². The van der Waals surface area contributed by atoms with Gasteiger partial charge in [0, 0.05) is 49.9 Å². The molecule has 1 aromatic heterocycles. The number of hydrogen-bond acceptors (Lipinski definition) is 8. The van der Waals surface area contributed by atoms with Gasteiger partial charge in [-0.2, -0.15) is 10.2 Å². The van der Waals surface area contributed by atoms with Gasteiger partial charge >= 0.3 is 0 Å². The molecule has 8 heteroatoms. The standard InChI is InChI=1S/C28H31N5O3/c1-17(2)35-24-7-6-18(14-19(24)16-29)28-30-27(31-36-28)21-5-3-4-20-25(21)22-15-23(22)26(20)33-10-8-32(9-11-33)12-13-34/h3-7,14,17,22-23,26,34H,8-13,15H2,1-2H3. The molecule has 2 fully saturated rings. The Balaban J connectivity index is 1.27. The van der Waals surface area contributed by atoms with Crippen molar-refractivity contribution in [2.24, 2.45) is 5.92 Å². The van der Waals surface area contributed by atoms with E-state index in [9.17, 15) is 10.4 Å². The van der Waals surface area contributed by atoms with Gasteiger partial charge in [-0.3, -0.25) is 9.80 Å². The third-order valence-corrected chi connectivity index (χ3v) is 7.67. The molecular weight excluding hydrogens is 454 g/mol. The van der Waals surface area contributed by atoms with Gasteiger partial charge in [0.05, 0.1) is 18.3 Å². The van der Waals surface area contributed by atoms with E-state index >= 15 is 0 Å². The number of benzene rings is 2. The molecule has 1 aliphatic heterocycles. The van der Waals surface area contributed by atoms with E-state index in [-0.39, 0.29) is 12.7 Å². The highest BCUT2D eigenvalue weighted by Crippen LogP contribution is 2.65. The number of hydrogen-bond donors (Lipinski definition) is 1. The third kappa shape index (κ3) is 4.07. The van der Waals surface area contributed by atoms with Crippen LogP contribution in [0.4, 0.5) is 0 Å². The smallest absolute Gasteiger partial charge is 0.258 e. The summed E-state index contributed by atoms with van der Waals surface area (Å²) in [5.74, 6) is 2.76. The highest BCUT2D eigenvalue weighted by molar-refractivity contribution is 5.69. The first-order valence-electron chi connectivity index (χ1n) is 12.8. The van der Waals surface area contributed by atoms with Crippen LogP contribution < -0.4 is 4.74 Å². The normalized spacial score (nSPS) is 23.4. The van der Waals surface area contributed by atoms with E-state index in [1.54, 1.807) is 12.1 Å². The summed E-state index contributed by atoms with van der Waals surface area (Å²) in [6.07, 6.45) is 1.19. The maximum Gasteiger partial charge on any atom is 0.258 e. The Morgan fingerprint density at radius 2 is 2.03 bits per heavy atom. The average molecular weight is 486 g/mol. The molecule has 6 rings (SSSR count). The van der Waals surface area contributed by atoms with Crippen LogP contribution in [0, 0.1) is 17.2 Å². The lowest BCUT2D eigenvalue weighted by Crippen LogP contribution is -2.48. The lowest BCUT2D eigenvalue weighted by Gasteiger charge is -2.39. The molecule has 0 radical (unpaired) electrons. The molecule has 36 heavy (non-hydrogen) atoms. The van der Waals surface area contributed by atoms with Crippen LogP contribution in [0.25, 0.3) is 22.8 Å². The first kappa shape index (κ1) is 23.2. The van der Waals surface area contributed by atoms with Crippen molar-refractivity contribution in [3.63, 3.8) is 0 Å². The van der Waals surface area contributed by atoms with E-state index in [0.717, 1.165) is 38.3 Å². The summed E-state index contributed by atoms with van der Waals surface area (Å²) in [5, 5.41) is 23.2. The van der Waals surface area contributed by atoms with Crippen molar-refractivity contribution in [3.8, 4) is 34.7 Å². The van der Waals surface area contributed by atoms with Crippen molar-refractivity contribution in [2.45, 2.75) is 38.3 Å². The quantitative estimate of drug-likeness (QED) is 0.539. The number of aliphatic hydroxyl groups excluding tert-OH is 1. The van der Waals surface area contributed by atoms with Crippen LogP contribution in [0.2, 0.25) is 0 Å². The topological polar surface area (TPSA) is 98.7 Å². The molecule has 2 aromatic carbocycles. The van der Waals surface area contributed by atoms with E-state index in [2.05, 4.69) is 39.2 Å². The van der Waals surface area contributed by atoms with Gasteiger partial charge in [0.15, 0.2) is 0 Å². The monoisotopic (exact) mass is 485 g/mol. The first-order valence-corrected chi connectivity index (χ1v) is 12.8. The fourth-order valence-electron chi connectivity index (χ4n) is 6.01. The Morgan fingerprint density at radius 1 is 1.19 bits per heavy atom. The molecule has 3 atom stereocenters. The number of piperazine rings is 1. The van der Waals surface area contributed by atoms with Gasteiger partial charge in [0.25, 0.3) is 5.89 Å². The Bertz CT molecular complexity index is 1300. The second-order valence-electron chi connectivity index (χ2n) is 10.3. The van der Waals surface area contributed by atoms with Gasteiger partial charge < -0.3 is 14.4 Å². The van der Waals surface area contributed by atoms with Crippen molar-refractivity contribution < 1.29 is 14.4 Å². The molecule has 3 unspecified atom stereocenters. The molecule has 3 aromatic rings. The minimum atomic E-state index is -0.0161. The number of β-amino-alcohol motifs (C(OH)–C–C–N with tert-alkyl or cyclic N) is 1. The number of aliphatic hydroxyl groups is 1.